The Hall–Kier alpha value is -1.09. The second-order valence-electron chi connectivity index (χ2n) is 2.01. The number of rotatable bonds is 0. The quantitative estimate of drug-likeness (QED) is 0.707. The molecule has 0 aliphatic heterocycles. The first-order chi connectivity index (χ1) is 6.86. The first kappa shape index (κ1) is 12.9. The third kappa shape index (κ3) is 3.34. The molecule has 1 heterocycles. The molecule has 2 nitrogen and oxygen atoms in total. The van der Waals surface area contributed by atoms with Crippen molar-refractivity contribution >= 4 is 21.6 Å². The molecule has 0 unspecified atom stereocenters. The summed E-state index contributed by atoms with van der Waals surface area (Å²) in [6, 6.07) is 7.65. The Labute approximate surface area is 90.1 Å². The number of nitrogens with one attached hydrogen (secondary N) is 1. The third-order valence-corrected chi connectivity index (χ3v) is 2.19. The van der Waals surface area contributed by atoms with Gasteiger partial charge in [0.2, 0.25) is 0 Å². The van der Waals surface area contributed by atoms with Crippen LogP contribution in [-0.4, -0.2) is 4.98 Å². The first-order valence-electron chi connectivity index (χ1n) is 4.94. The third-order valence-electron chi connectivity index (χ3n) is 1.33. The van der Waals surface area contributed by atoms with Crippen molar-refractivity contribution in [2.24, 2.45) is 0 Å². The largest absolute Gasteiger partial charge is 0.312 e. The van der Waals surface area contributed by atoms with Gasteiger partial charge in [0, 0.05) is 1.43 Å². The molecule has 1 aromatic heterocycles. The van der Waals surface area contributed by atoms with Crippen LogP contribution in [0.15, 0.2) is 29.1 Å². The SMILES string of the molecule is CC.CC.O=c1[nH]c2ccccc2s1.[HH]. The molecular weight excluding hydrogens is 194 g/mol. The number of H-pyrrole nitrogens is 1. The molecule has 0 aliphatic rings. The zero-order valence-corrected chi connectivity index (χ0v) is 9.94. The Morgan fingerprint density at radius 1 is 1.14 bits per heavy atom. The molecule has 1 N–H and O–H groups in total. The fraction of sp³-hybridized carbons (Fsp3) is 0.364. The molecule has 2 aromatic rings. The summed E-state index contributed by atoms with van der Waals surface area (Å²) in [6.07, 6.45) is 0. The zero-order chi connectivity index (χ0) is 11.0. The Balaban J connectivity index is 0. The van der Waals surface area contributed by atoms with E-state index in [-0.39, 0.29) is 6.30 Å². The number of benzene rings is 1. The van der Waals surface area contributed by atoms with Crippen molar-refractivity contribution in [1.82, 2.24) is 4.98 Å². The molecule has 1 aromatic carbocycles. The number of hydrogen-bond donors (Lipinski definition) is 1. The Bertz CT molecular complexity index is 372. The lowest BCUT2D eigenvalue weighted by atomic mass is 10.3. The van der Waals surface area contributed by atoms with Crippen LogP contribution in [0, 0.1) is 0 Å². The van der Waals surface area contributed by atoms with Crippen molar-refractivity contribution in [3.8, 4) is 0 Å². The van der Waals surface area contributed by atoms with Gasteiger partial charge in [0.15, 0.2) is 0 Å². The van der Waals surface area contributed by atoms with E-state index in [1.807, 2.05) is 52.0 Å². The predicted molar refractivity (Wildman–Crippen MR) is 67.3 cm³/mol. The van der Waals surface area contributed by atoms with Crippen LogP contribution in [0.1, 0.15) is 29.1 Å². The predicted octanol–water partition coefficient (Wildman–Crippen LogP) is 3.89. The molecule has 14 heavy (non-hydrogen) atoms. The summed E-state index contributed by atoms with van der Waals surface area (Å²) in [6.45, 7) is 8.00. The van der Waals surface area contributed by atoms with Crippen LogP contribution in [0.25, 0.3) is 10.2 Å². The number of thiazole rings is 1. The summed E-state index contributed by atoms with van der Waals surface area (Å²) < 4.78 is 1.02. The number of aromatic amines is 1. The van der Waals surface area contributed by atoms with Crippen LogP contribution in [0.5, 0.6) is 0 Å². The fourth-order valence-electron chi connectivity index (χ4n) is 0.894. The maximum atomic E-state index is 10.8. The Morgan fingerprint density at radius 3 is 2.29 bits per heavy atom. The zero-order valence-electron chi connectivity index (χ0n) is 9.13. The molecule has 3 heteroatoms. The van der Waals surface area contributed by atoms with Gasteiger partial charge in [-0.15, -0.1) is 0 Å². The molecule has 0 radical (unpaired) electrons. The van der Waals surface area contributed by atoms with Gasteiger partial charge < -0.3 is 4.98 Å². The smallest absolute Gasteiger partial charge is 0.305 e. The van der Waals surface area contributed by atoms with Gasteiger partial charge in [-0.1, -0.05) is 51.2 Å². The van der Waals surface area contributed by atoms with E-state index < -0.39 is 0 Å². The fourth-order valence-corrected chi connectivity index (χ4v) is 1.63. The molecular formula is C11H19NOS. The lowest BCUT2D eigenvalue weighted by Gasteiger charge is -1.81. The highest BCUT2D eigenvalue weighted by Crippen LogP contribution is 2.11. The van der Waals surface area contributed by atoms with Gasteiger partial charge in [-0.25, -0.2) is 0 Å². The molecule has 0 saturated heterocycles. The van der Waals surface area contributed by atoms with Crippen molar-refractivity contribution in [3.63, 3.8) is 0 Å². The number of aromatic nitrogens is 1. The van der Waals surface area contributed by atoms with Gasteiger partial charge in [-0.2, -0.15) is 0 Å². The summed E-state index contributed by atoms with van der Waals surface area (Å²) in [5.41, 5.74) is 0.928. The van der Waals surface area contributed by atoms with Gasteiger partial charge in [0.1, 0.15) is 0 Å². The first-order valence-corrected chi connectivity index (χ1v) is 5.76. The van der Waals surface area contributed by atoms with E-state index in [2.05, 4.69) is 4.98 Å². The van der Waals surface area contributed by atoms with E-state index >= 15 is 0 Å². The molecule has 0 fully saturated rings. The van der Waals surface area contributed by atoms with Crippen molar-refractivity contribution in [1.29, 1.82) is 0 Å². The summed E-state index contributed by atoms with van der Waals surface area (Å²) in [4.78, 5) is 13.5. The lowest BCUT2D eigenvalue weighted by molar-refractivity contribution is 1.41. The molecule has 0 saturated carbocycles. The average molecular weight is 213 g/mol. The van der Waals surface area contributed by atoms with Crippen LogP contribution in [0.2, 0.25) is 0 Å². The number of para-hydroxylation sites is 1. The minimum absolute atomic E-state index is 0. The molecule has 0 aliphatic carbocycles. The van der Waals surface area contributed by atoms with Gasteiger partial charge in [-0.3, -0.25) is 4.79 Å². The molecule has 80 valence electrons. The second-order valence-corrected chi connectivity index (χ2v) is 3.03. The summed E-state index contributed by atoms with van der Waals surface area (Å²) in [5, 5.41) is 0. The van der Waals surface area contributed by atoms with Crippen molar-refractivity contribution in [2.75, 3.05) is 0 Å². The van der Waals surface area contributed by atoms with Gasteiger partial charge in [0.25, 0.3) is 0 Å². The molecule has 0 spiro atoms. The van der Waals surface area contributed by atoms with Crippen LogP contribution in [0.3, 0.4) is 0 Å². The maximum absolute atomic E-state index is 10.8. The average Bonchev–Trinajstić information content (AvgIpc) is 2.64. The summed E-state index contributed by atoms with van der Waals surface area (Å²) >= 11 is 1.24. The minimum atomic E-state index is 0. The molecule has 2 rings (SSSR count). The second kappa shape index (κ2) is 7.33. The van der Waals surface area contributed by atoms with Crippen molar-refractivity contribution in [3.05, 3.63) is 33.9 Å². The van der Waals surface area contributed by atoms with Crippen molar-refractivity contribution in [2.45, 2.75) is 27.7 Å². The lowest BCUT2D eigenvalue weighted by Crippen LogP contribution is -1.89. The van der Waals surface area contributed by atoms with Crippen LogP contribution in [-0.2, 0) is 0 Å². The van der Waals surface area contributed by atoms with E-state index in [1.54, 1.807) is 0 Å². The van der Waals surface area contributed by atoms with E-state index in [0.29, 0.717) is 0 Å². The van der Waals surface area contributed by atoms with Gasteiger partial charge >= 0.3 is 4.87 Å². The monoisotopic (exact) mass is 213 g/mol. The summed E-state index contributed by atoms with van der Waals surface area (Å²) in [7, 11) is 0. The van der Waals surface area contributed by atoms with Crippen LogP contribution >= 0.6 is 11.3 Å². The van der Waals surface area contributed by atoms with E-state index in [9.17, 15) is 4.79 Å². The Morgan fingerprint density at radius 2 is 1.71 bits per heavy atom. The van der Waals surface area contributed by atoms with Crippen molar-refractivity contribution < 1.29 is 1.43 Å². The standard InChI is InChI=1S/C7H5NOS.2C2H6.H2/c9-7-8-5-3-1-2-4-6(5)10-7;2*1-2;/h1-4H,(H,8,9);2*1-2H3;1H. The maximum Gasteiger partial charge on any atom is 0.305 e. The topological polar surface area (TPSA) is 32.9 Å². The van der Waals surface area contributed by atoms with Crippen LogP contribution < -0.4 is 4.87 Å². The molecule has 0 amide bonds. The summed E-state index contributed by atoms with van der Waals surface area (Å²) in [5.74, 6) is 0. The minimum Gasteiger partial charge on any atom is -0.312 e. The number of fused-ring (bicyclic) bond motifs is 1. The highest BCUT2D eigenvalue weighted by molar-refractivity contribution is 7.16. The number of hydrogen-bond acceptors (Lipinski definition) is 2. The highest BCUT2D eigenvalue weighted by atomic mass is 32.1. The van der Waals surface area contributed by atoms with E-state index in [4.69, 9.17) is 0 Å². The normalized spacial score (nSPS) is 8.29. The molecule has 0 atom stereocenters. The van der Waals surface area contributed by atoms with Crippen LogP contribution in [0.4, 0.5) is 0 Å². The highest BCUT2D eigenvalue weighted by Gasteiger charge is 1.93. The van der Waals surface area contributed by atoms with E-state index in [0.717, 1.165) is 10.2 Å². The van der Waals surface area contributed by atoms with Gasteiger partial charge in [0.05, 0.1) is 10.2 Å². The van der Waals surface area contributed by atoms with Gasteiger partial charge in [-0.05, 0) is 12.1 Å². The van der Waals surface area contributed by atoms with E-state index in [1.165, 1.54) is 11.3 Å². The Kier molecular flexibility index (Phi) is 6.76. The molecule has 0 bridgehead atoms.